The van der Waals surface area contributed by atoms with E-state index in [0.29, 0.717) is 7.16 Å². The Bertz CT molecular complexity index is 1930. The third kappa shape index (κ3) is 5.13. The second-order valence-corrected chi connectivity index (χ2v) is 24.6. The van der Waals surface area contributed by atoms with Crippen LogP contribution < -0.4 is 14.3 Å². The van der Waals surface area contributed by atoms with E-state index in [9.17, 15) is 16.8 Å². The van der Waals surface area contributed by atoms with Crippen molar-refractivity contribution in [2.45, 2.75) is 19.6 Å². The Kier molecular flexibility index (Phi) is 8.09. The van der Waals surface area contributed by atoms with Crippen molar-refractivity contribution in [2.75, 3.05) is 0 Å². The van der Waals surface area contributed by atoms with E-state index in [1.54, 1.807) is 84.9 Å². The summed E-state index contributed by atoms with van der Waals surface area (Å²) in [6.45, 7) is 0. The number of sulfone groups is 2. The molecule has 0 spiro atoms. The van der Waals surface area contributed by atoms with Gasteiger partial charge in [-0.05, 0) is 0 Å². The summed E-state index contributed by atoms with van der Waals surface area (Å²) < 4.78 is 60.9. The van der Waals surface area contributed by atoms with Gasteiger partial charge in [0.2, 0.25) is 0 Å². The van der Waals surface area contributed by atoms with Gasteiger partial charge in [0.25, 0.3) is 0 Å². The number of hydrogen-bond acceptors (Lipinski definition) is 4. The van der Waals surface area contributed by atoms with Gasteiger partial charge in [0, 0.05) is 0 Å². The van der Waals surface area contributed by atoms with E-state index in [-0.39, 0.29) is 19.6 Å². The van der Waals surface area contributed by atoms with Crippen molar-refractivity contribution in [1.82, 2.24) is 0 Å². The normalized spacial score (nSPS) is 12.1. The molecule has 0 amide bonds. The van der Waals surface area contributed by atoms with Crippen molar-refractivity contribution >= 4 is 52.4 Å². The Hall–Kier alpha value is -3.98. The molecule has 0 N–H and O–H groups in total. The number of hydrogen-bond donors (Lipinski definition) is 0. The van der Waals surface area contributed by atoms with E-state index >= 15 is 0 Å². The van der Waals surface area contributed by atoms with Crippen LogP contribution >= 0.6 is 0 Å². The molecule has 0 fully saturated rings. The van der Waals surface area contributed by atoms with Gasteiger partial charge in [0.1, 0.15) is 0 Å². The van der Waals surface area contributed by atoms with E-state index in [4.69, 9.17) is 0 Å². The van der Waals surface area contributed by atoms with Gasteiger partial charge in [-0.1, -0.05) is 0 Å². The molecule has 0 heterocycles. The molecule has 0 saturated heterocycles. The molecule has 0 aliphatic heterocycles. The van der Waals surface area contributed by atoms with Crippen LogP contribution in [0.5, 0.6) is 0 Å². The molecule has 6 aromatic rings. The number of benzene rings is 6. The number of rotatable bonds is 8. The molecular weight excluding hydrogens is 679 g/mol. The minimum atomic E-state index is -4.81. The quantitative estimate of drug-likeness (QED) is 0.215. The van der Waals surface area contributed by atoms with Gasteiger partial charge in [0.05, 0.1) is 0 Å². The summed E-state index contributed by atoms with van der Waals surface area (Å²) in [5.41, 5.74) is 0. The Morgan fingerprint density at radius 3 is 0.953 bits per heavy atom. The van der Waals surface area contributed by atoms with Gasteiger partial charge < -0.3 is 0 Å². The first-order valence-corrected chi connectivity index (χ1v) is 22.5. The fourth-order valence-corrected chi connectivity index (χ4v) is 26.8. The van der Waals surface area contributed by atoms with Crippen molar-refractivity contribution < 1.29 is 16.8 Å². The zero-order chi connectivity index (χ0) is 29.9. The van der Waals surface area contributed by atoms with Crippen molar-refractivity contribution in [1.29, 1.82) is 0 Å². The van der Waals surface area contributed by atoms with Crippen molar-refractivity contribution in [2.24, 2.45) is 0 Å². The average molecular weight is 707 g/mol. The fourth-order valence-electron chi connectivity index (χ4n) is 5.78. The summed E-state index contributed by atoms with van der Waals surface area (Å²) in [5.74, 6) is 0. The topological polar surface area (TPSA) is 68.3 Å². The third-order valence-corrected chi connectivity index (χ3v) is 26.3. The molecule has 0 aliphatic carbocycles. The van der Waals surface area contributed by atoms with E-state index < -0.39 is 38.1 Å². The predicted octanol–water partition coefficient (Wildman–Crippen LogP) is 4.73. The molecule has 7 heteroatoms. The SMILES string of the molecule is O=S(=O)(c1ccccc1)c1cccc[c]1[Sn]([c]1ccccc1)([c]1ccccc1)[c]1ccccc1S(=O)(=O)c1ccccc1. The molecular formula is C36H28O4S2Sn. The fraction of sp³-hybridized carbons (Fsp3) is 0. The van der Waals surface area contributed by atoms with E-state index in [1.807, 2.05) is 84.9 Å². The van der Waals surface area contributed by atoms with Gasteiger partial charge in [-0.15, -0.1) is 0 Å². The first kappa shape index (κ1) is 29.1. The van der Waals surface area contributed by atoms with Crippen molar-refractivity contribution in [3.05, 3.63) is 170 Å². The van der Waals surface area contributed by atoms with E-state index in [0.717, 1.165) is 7.16 Å². The van der Waals surface area contributed by atoms with Crippen molar-refractivity contribution in [3.8, 4) is 0 Å². The second kappa shape index (κ2) is 12.0. The molecule has 0 atom stereocenters. The van der Waals surface area contributed by atoms with Crippen LogP contribution in [0.25, 0.3) is 0 Å². The molecule has 6 rings (SSSR count). The van der Waals surface area contributed by atoms with E-state index in [2.05, 4.69) is 0 Å². The van der Waals surface area contributed by atoms with Crippen LogP contribution in [0.3, 0.4) is 0 Å². The maximum absolute atomic E-state index is 14.4. The molecule has 6 aromatic carbocycles. The van der Waals surface area contributed by atoms with Crippen LogP contribution in [0.2, 0.25) is 0 Å². The standard InChI is InChI=1S/2C12H9O2S.2C6H5.Sn/c2*13-15(14,11-7-3-1-4-8-11)12-9-5-2-6-10-12;2*1-2-4-6-5-3-1;/h2*1-9H;2*1-5H;. The van der Waals surface area contributed by atoms with Crippen LogP contribution in [0, 0.1) is 0 Å². The van der Waals surface area contributed by atoms with Crippen LogP contribution in [0.1, 0.15) is 0 Å². The summed E-state index contributed by atoms with van der Waals surface area (Å²) in [4.78, 5) is 0.760. The summed E-state index contributed by atoms with van der Waals surface area (Å²) in [7, 11) is -7.95. The predicted molar refractivity (Wildman–Crippen MR) is 174 cm³/mol. The molecule has 0 unspecified atom stereocenters. The van der Waals surface area contributed by atoms with Crippen molar-refractivity contribution in [3.63, 3.8) is 0 Å². The van der Waals surface area contributed by atoms with Crippen LogP contribution in [-0.4, -0.2) is 35.2 Å². The van der Waals surface area contributed by atoms with Crippen LogP contribution in [0.4, 0.5) is 0 Å². The molecule has 43 heavy (non-hydrogen) atoms. The molecule has 212 valence electrons. The molecule has 0 aromatic heterocycles. The van der Waals surface area contributed by atoms with Crippen LogP contribution in [0.15, 0.2) is 189 Å². The molecule has 4 nitrogen and oxygen atoms in total. The first-order chi connectivity index (χ1) is 20.9. The van der Waals surface area contributed by atoms with Gasteiger partial charge in [-0.2, -0.15) is 0 Å². The second-order valence-electron chi connectivity index (χ2n) is 10.1. The summed E-state index contributed by atoms with van der Waals surface area (Å²) in [6, 6.07) is 50.7. The minimum absolute atomic E-state index is 0.189. The van der Waals surface area contributed by atoms with Gasteiger partial charge >= 0.3 is 259 Å². The molecule has 0 aliphatic rings. The van der Waals surface area contributed by atoms with Crippen LogP contribution in [-0.2, 0) is 19.7 Å². The van der Waals surface area contributed by atoms with Gasteiger partial charge in [-0.25, -0.2) is 0 Å². The Morgan fingerprint density at radius 1 is 0.326 bits per heavy atom. The zero-order valence-electron chi connectivity index (χ0n) is 23.1. The Morgan fingerprint density at radius 2 is 0.605 bits per heavy atom. The maximum atomic E-state index is 14.4. The van der Waals surface area contributed by atoms with Gasteiger partial charge in [-0.3, -0.25) is 0 Å². The average Bonchev–Trinajstić information content (AvgIpc) is 3.07. The van der Waals surface area contributed by atoms with Gasteiger partial charge in [0.15, 0.2) is 0 Å². The molecule has 0 radical (unpaired) electrons. The zero-order valence-corrected chi connectivity index (χ0v) is 27.6. The molecule has 0 saturated carbocycles. The summed E-state index contributed by atoms with van der Waals surface area (Å²) in [6.07, 6.45) is 0. The summed E-state index contributed by atoms with van der Waals surface area (Å²) >= 11 is -4.81. The third-order valence-electron chi connectivity index (χ3n) is 7.68. The Labute approximate surface area is 257 Å². The molecule has 0 bridgehead atoms. The first-order valence-electron chi connectivity index (χ1n) is 13.8. The summed E-state index contributed by atoms with van der Waals surface area (Å²) in [5, 5.41) is 0. The Balaban J connectivity index is 1.80. The monoisotopic (exact) mass is 708 g/mol. The van der Waals surface area contributed by atoms with E-state index in [1.165, 1.54) is 0 Å².